The molecule has 0 aliphatic carbocycles. The molecular weight excluding hydrogens is 434 g/mol. The molecular formula is C21H21F4N3O4. The lowest BCUT2D eigenvalue weighted by molar-refractivity contribution is -0.151. The third-order valence-electron chi connectivity index (χ3n) is 5.77. The molecule has 7 nitrogen and oxygen atoms in total. The van der Waals surface area contributed by atoms with Gasteiger partial charge in [0, 0.05) is 29.3 Å². The highest BCUT2D eigenvalue weighted by Gasteiger charge is 2.58. The van der Waals surface area contributed by atoms with Crippen LogP contribution in [-0.4, -0.2) is 42.0 Å². The fraction of sp³-hybridized carbons (Fsp3) is 0.381. The Morgan fingerprint density at radius 1 is 1.28 bits per heavy atom. The number of halogens is 4. The Kier molecular flexibility index (Phi) is 6.40. The first kappa shape index (κ1) is 23.5. The van der Waals surface area contributed by atoms with Gasteiger partial charge in [0.2, 0.25) is 5.82 Å². The number of methoxy groups -OCH3 is 1. The molecule has 172 valence electrons. The van der Waals surface area contributed by atoms with E-state index in [0.717, 1.165) is 20.1 Å². The molecule has 1 aromatic carbocycles. The Morgan fingerprint density at radius 3 is 2.56 bits per heavy atom. The van der Waals surface area contributed by atoms with Crippen LogP contribution < -0.4 is 15.8 Å². The van der Waals surface area contributed by atoms with Crippen molar-refractivity contribution in [3.63, 3.8) is 0 Å². The number of pyridine rings is 1. The van der Waals surface area contributed by atoms with E-state index in [2.05, 4.69) is 10.3 Å². The number of nitrogens with one attached hydrogen (secondary N) is 1. The van der Waals surface area contributed by atoms with E-state index in [4.69, 9.17) is 15.2 Å². The highest BCUT2D eigenvalue weighted by Crippen LogP contribution is 2.51. The maximum Gasteiger partial charge on any atom is 0.267 e. The number of nitrogens with zero attached hydrogens (tertiary/aromatic N) is 1. The Hall–Kier alpha value is -3.21. The molecule has 32 heavy (non-hydrogen) atoms. The van der Waals surface area contributed by atoms with Gasteiger partial charge >= 0.3 is 0 Å². The van der Waals surface area contributed by atoms with Gasteiger partial charge in [-0.15, -0.1) is 0 Å². The van der Waals surface area contributed by atoms with Crippen molar-refractivity contribution in [1.29, 1.82) is 0 Å². The number of rotatable bonds is 6. The summed E-state index contributed by atoms with van der Waals surface area (Å²) in [4.78, 5) is 28.1. The average molecular weight is 455 g/mol. The van der Waals surface area contributed by atoms with Crippen molar-refractivity contribution < 1.29 is 36.6 Å². The molecule has 2 heterocycles. The fourth-order valence-corrected chi connectivity index (χ4v) is 3.85. The Labute approximate surface area is 180 Å². The molecule has 0 bridgehead atoms. The van der Waals surface area contributed by atoms with Crippen LogP contribution in [0.25, 0.3) is 0 Å². The molecule has 3 N–H and O–H groups in total. The second-order valence-corrected chi connectivity index (χ2v) is 7.60. The van der Waals surface area contributed by atoms with Gasteiger partial charge in [-0.05, 0) is 25.1 Å². The van der Waals surface area contributed by atoms with E-state index in [0.29, 0.717) is 0 Å². The van der Waals surface area contributed by atoms with Crippen LogP contribution >= 0.6 is 0 Å². The summed E-state index contributed by atoms with van der Waals surface area (Å²) in [5.41, 5.74) is 3.13. The molecule has 11 heteroatoms. The number of hydrogen-bond acceptors (Lipinski definition) is 5. The summed E-state index contributed by atoms with van der Waals surface area (Å²) < 4.78 is 66.4. The highest BCUT2D eigenvalue weighted by atomic mass is 19.3. The number of alkyl halides is 2. The number of ether oxygens (including phenoxy) is 2. The van der Waals surface area contributed by atoms with E-state index in [1.807, 2.05) is 0 Å². The molecule has 1 aromatic heterocycles. The summed E-state index contributed by atoms with van der Waals surface area (Å²) in [5, 5.41) is 2.47. The molecule has 0 radical (unpaired) electrons. The number of primary amides is 1. The van der Waals surface area contributed by atoms with Crippen LogP contribution in [0.15, 0.2) is 30.5 Å². The summed E-state index contributed by atoms with van der Waals surface area (Å²) in [5.74, 6) is -6.75. The predicted molar refractivity (Wildman–Crippen MR) is 105 cm³/mol. The first-order valence-electron chi connectivity index (χ1n) is 9.55. The molecule has 3 rings (SSSR count). The lowest BCUT2D eigenvalue weighted by atomic mass is 9.77. The van der Waals surface area contributed by atoms with E-state index in [1.54, 1.807) is 0 Å². The van der Waals surface area contributed by atoms with Crippen LogP contribution in [0.5, 0.6) is 5.75 Å². The standard InChI is InChI=1S/C21H21F4N3O4/c1-9-14(11-4-5-12(22)15(23)16(11)31-3)17(32-21(9,2)20(24)25)19(30)28-10-6-7-27-13(8-10)18(26)29/h4-9,14,17,20H,1-3H3,(H2,26,29)(H,27,28,30)/t9?,14?,17-,21?/m0/s1. The van der Waals surface area contributed by atoms with Gasteiger partial charge in [0.1, 0.15) is 17.4 Å². The number of anilines is 1. The van der Waals surface area contributed by atoms with E-state index >= 15 is 0 Å². The van der Waals surface area contributed by atoms with Crippen molar-refractivity contribution in [3.05, 3.63) is 53.4 Å². The number of carbonyl (C=O) groups is 2. The zero-order valence-corrected chi connectivity index (χ0v) is 17.4. The number of aromatic nitrogens is 1. The monoisotopic (exact) mass is 455 g/mol. The van der Waals surface area contributed by atoms with Crippen LogP contribution in [0.4, 0.5) is 23.2 Å². The van der Waals surface area contributed by atoms with Crippen LogP contribution in [0.3, 0.4) is 0 Å². The third-order valence-corrected chi connectivity index (χ3v) is 5.77. The summed E-state index contributed by atoms with van der Waals surface area (Å²) in [7, 11) is 1.10. The Bertz CT molecular complexity index is 1050. The SMILES string of the molecule is COc1c(C2C(C)C(C)(C(F)F)O[C@@H]2C(=O)Nc2ccnc(C(N)=O)c2)ccc(F)c1F. The van der Waals surface area contributed by atoms with Crippen LogP contribution in [-0.2, 0) is 9.53 Å². The van der Waals surface area contributed by atoms with Gasteiger partial charge < -0.3 is 20.5 Å². The van der Waals surface area contributed by atoms with E-state index in [-0.39, 0.29) is 16.9 Å². The van der Waals surface area contributed by atoms with Crippen molar-refractivity contribution in [3.8, 4) is 5.75 Å². The smallest absolute Gasteiger partial charge is 0.267 e. The van der Waals surface area contributed by atoms with E-state index in [1.165, 1.54) is 31.3 Å². The maximum absolute atomic E-state index is 14.3. The lowest BCUT2D eigenvalue weighted by Gasteiger charge is -2.28. The second kappa shape index (κ2) is 8.73. The molecule has 1 aliphatic rings. The van der Waals surface area contributed by atoms with E-state index in [9.17, 15) is 27.2 Å². The molecule has 0 spiro atoms. The van der Waals surface area contributed by atoms with E-state index < -0.39 is 59.2 Å². The van der Waals surface area contributed by atoms with Crippen molar-refractivity contribution in [2.45, 2.75) is 37.9 Å². The molecule has 2 aromatic rings. The first-order valence-corrected chi connectivity index (χ1v) is 9.55. The number of benzene rings is 1. The lowest BCUT2D eigenvalue weighted by Crippen LogP contribution is -2.40. The predicted octanol–water partition coefficient (Wildman–Crippen LogP) is 3.25. The number of hydrogen-bond donors (Lipinski definition) is 2. The molecule has 0 saturated carbocycles. The quantitative estimate of drug-likeness (QED) is 0.651. The Morgan fingerprint density at radius 2 is 1.97 bits per heavy atom. The highest BCUT2D eigenvalue weighted by molar-refractivity contribution is 5.97. The largest absolute Gasteiger partial charge is 0.493 e. The van der Waals surface area contributed by atoms with Crippen molar-refractivity contribution in [1.82, 2.24) is 4.98 Å². The van der Waals surface area contributed by atoms with Gasteiger partial charge in [-0.25, -0.2) is 13.2 Å². The van der Waals surface area contributed by atoms with Gasteiger partial charge in [0.05, 0.1) is 7.11 Å². The van der Waals surface area contributed by atoms with Gasteiger partial charge in [-0.1, -0.05) is 13.0 Å². The topological polar surface area (TPSA) is 104 Å². The van der Waals surface area contributed by atoms with Crippen LogP contribution in [0.2, 0.25) is 0 Å². The summed E-state index contributed by atoms with van der Waals surface area (Å²) >= 11 is 0. The number of amides is 2. The van der Waals surface area contributed by atoms with Gasteiger partial charge in [-0.2, -0.15) is 4.39 Å². The minimum absolute atomic E-state index is 0.0102. The van der Waals surface area contributed by atoms with Crippen molar-refractivity contribution in [2.75, 3.05) is 12.4 Å². The zero-order valence-electron chi connectivity index (χ0n) is 17.4. The molecule has 3 unspecified atom stereocenters. The molecule has 1 fully saturated rings. The van der Waals surface area contributed by atoms with Crippen LogP contribution in [0.1, 0.15) is 35.8 Å². The molecule has 2 amide bonds. The summed E-state index contributed by atoms with van der Waals surface area (Å²) in [6.07, 6.45) is -3.25. The summed E-state index contributed by atoms with van der Waals surface area (Å²) in [6.45, 7) is 2.58. The molecule has 4 atom stereocenters. The number of carbonyl (C=O) groups excluding carboxylic acids is 2. The average Bonchev–Trinajstić information content (AvgIpc) is 3.02. The first-order chi connectivity index (χ1) is 15.0. The Balaban J connectivity index is 2.04. The number of nitrogens with two attached hydrogens (primary N) is 1. The zero-order chi connectivity index (χ0) is 23.8. The van der Waals surface area contributed by atoms with Crippen LogP contribution in [0, 0.1) is 17.6 Å². The summed E-state index contributed by atoms with van der Waals surface area (Å²) in [6, 6.07) is 4.58. The van der Waals surface area contributed by atoms with Gasteiger partial charge in [0.25, 0.3) is 18.2 Å². The molecule has 1 aliphatic heterocycles. The van der Waals surface area contributed by atoms with Crippen molar-refractivity contribution >= 4 is 17.5 Å². The third kappa shape index (κ3) is 3.99. The minimum Gasteiger partial charge on any atom is -0.493 e. The minimum atomic E-state index is -2.98. The normalized spacial score (nSPS) is 25.1. The maximum atomic E-state index is 14.3. The van der Waals surface area contributed by atoms with Gasteiger partial charge in [0.15, 0.2) is 11.6 Å². The fourth-order valence-electron chi connectivity index (χ4n) is 3.85. The van der Waals surface area contributed by atoms with Crippen molar-refractivity contribution in [2.24, 2.45) is 11.7 Å². The second-order valence-electron chi connectivity index (χ2n) is 7.60. The van der Waals surface area contributed by atoms with Gasteiger partial charge in [-0.3, -0.25) is 14.6 Å². The molecule has 1 saturated heterocycles.